The second-order valence-electron chi connectivity index (χ2n) is 4.57. The summed E-state index contributed by atoms with van der Waals surface area (Å²) in [5, 5.41) is 16.0. The number of halogens is 4. The molecule has 0 aliphatic rings. The predicted molar refractivity (Wildman–Crippen MR) is 70.4 cm³/mol. The van der Waals surface area contributed by atoms with Gasteiger partial charge < -0.3 is 5.11 Å². The molecule has 120 valence electrons. The maximum absolute atomic E-state index is 13.0. The minimum atomic E-state index is -3.04. The van der Waals surface area contributed by atoms with Crippen LogP contribution in [0.3, 0.4) is 0 Å². The molecule has 0 saturated heterocycles. The topological polar surface area (TPSA) is 72.9 Å². The lowest BCUT2D eigenvalue weighted by Gasteiger charge is -2.02. The van der Waals surface area contributed by atoms with E-state index in [0.717, 1.165) is 6.20 Å². The number of fused-ring (bicyclic) bond motifs is 1. The van der Waals surface area contributed by atoms with Crippen LogP contribution in [0.25, 0.3) is 22.2 Å². The molecule has 3 rings (SSSR count). The Morgan fingerprint density at radius 1 is 1.09 bits per heavy atom. The Hall–Kier alpha value is -2.91. The summed E-state index contributed by atoms with van der Waals surface area (Å²) >= 11 is 0. The number of aromatic carboxylic acids is 1. The number of hydrogen-bond donors (Lipinski definition) is 1. The zero-order valence-electron chi connectivity index (χ0n) is 11.2. The fraction of sp³-hybridized carbons (Fsp3) is 0.154. The number of alkyl halides is 4. The third-order valence-electron chi connectivity index (χ3n) is 3.20. The van der Waals surface area contributed by atoms with E-state index in [9.17, 15) is 22.4 Å². The molecular weight excluding hydrogens is 320 g/mol. The zero-order chi connectivity index (χ0) is 16.7. The second-order valence-corrected chi connectivity index (χ2v) is 4.57. The van der Waals surface area contributed by atoms with E-state index in [1.165, 1.54) is 24.3 Å². The van der Waals surface area contributed by atoms with E-state index in [1.807, 2.05) is 0 Å². The molecule has 2 heterocycles. The summed E-state index contributed by atoms with van der Waals surface area (Å²) in [6, 6.07) is 5.24. The average molecular weight is 328 g/mol. The van der Waals surface area contributed by atoms with Crippen molar-refractivity contribution in [2.75, 3.05) is 0 Å². The van der Waals surface area contributed by atoms with Crippen molar-refractivity contribution in [3.8, 4) is 11.3 Å². The molecule has 0 aliphatic heterocycles. The fourth-order valence-corrected chi connectivity index (χ4v) is 2.20. The molecule has 0 unspecified atom stereocenters. The molecule has 10 heteroatoms. The summed E-state index contributed by atoms with van der Waals surface area (Å²) in [6.45, 7) is -5.86. The highest BCUT2D eigenvalue weighted by molar-refractivity contribution is 6.02. The van der Waals surface area contributed by atoms with Gasteiger partial charge in [-0.2, -0.15) is 27.8 Å². The first-order chi connectivity index (χ1) is 10.9. The van der Waals surface area contributed by atoms with E-state index < -0.39 is 24.8 Å². The van der Waals surface area contributed by atoms with Gasteiger partial charge in [-0.05, 0) is 18.2 Å². The van der Waals surface area contributed by atoms with Crippen LogP contribution >= 0.6 is 0 Å². The van der Waals surface area contributed by atoms with E-state index in [-0.39, 0.29) is 26.8 Å². The van der Waals surface area contributed by atoms with Crippen LogP contribution in [0.2, 0.25) is 0 Å². The lowest BCUT2D eigenvalue weighted by Crippen LogP contribution is -2.03. The first-order valence-corrected chi connectivity index (χ1v) is 6.26. The van der Waals surface area contributed by atoms with Crippen molar-refractivity contribution in [2.24, 2.45) is 0 Å². The standard InChI is InChI=1S/C13H8F4N4O2/c14-12(15)20-4-3-8(18-20)6-1-2-7-9(5-6)21(13(16)17)19-10(7)11(22)23/h1-5,12-13H,(H,22,23). The molecule has 2 aromatic heterocycles. The Bertz CT molecular complexity index is 887. The van der Waals surface area contributed by atoms with Gasteiger partial charge in [0.2, 0.25) is 0 Å². The van der Waals surface area contributed by atoms with Gasteiger partial charge in [-0.1, -0.05) is 6.07 Å². The Morgan fingerprint density at radius 3 is 2.39 bits per heavy atom. The summed E-state index contributed by atoms with van der Waals surface area (Å²) in [5.41, 5.74) is -0.201. The molecule has 23 heavy (non-hydrogen) atoms. The van der Waals surface area contributed by atoms with Crippen LogP contribution in [-0.2, 0) is 0 Å². The van der Waals surface area contributed by atoms with Gasteiger partial charge in [0, 0.05) is 17.1 Å². The SMILES string of the molecule is O=C(O)c1nn(C(F)F)c2cc(-c3ccn(C(F)F)n3)ccc12. The third-order valence-corrected chi connectivity index (χ3v) is 3.20. The Kier molecular flexibility index (Phi) is 3.51. The number of nitrogens with zero attached hydrogens (tertiary/aromatic N) is 4. The van der Waals surface area contributed by atoms with Gasteiger partial charge in [-0.25, -0.2) is 14.2 Å². The molecule has 0 fully saturated rings. The van der Waals surface area contributed by atoms with Gasteiger partial charge in [-0.3, -0.25) is 0 Å². The first kappa shape index (κ1) is 15.0. The highest BCUT2D eigenvalue weighted by Gasteiger charge is 2.21. The van der Waals surface area contributed by atoms with E-state index >= 15 is 0 Å². The van der Waals surface area contributed by atoms with Crippen LogP contribution in [0.1, 0.15) is 23.6 Å². The summed E-state index contributed by atoms with van der Waals surface area (Å²) in [7, 11) is 0. The molecule has 1 N–H and O–H groups in total. The van der Waals surface area contributed by atoms with Crippen molar-refractivity contribution in [3.05, 3.63) is 36.2 Å². The van der Waals surface area contributed by atoms with E-state index in [4.69, 9.17) is 5.11 Å². The van der Waals surface area contributed by atoms with Gasteiger partial charge in [0.05, 0.1) is 11.2 Å². The van der Waals surface area contributed by atoms with E-state index in [0.29, 0.717) is 4.68 Å². The molecule has 0 saturated carbocycles. The van der Waals surface area contributed by atoms with Crippen LogP contribution in [0.4, 0.5) is 17.6 Å². The molecule has 0 aliphatic carbocycles. The van der Waals surface area contributed by atoms with Gasteiger partial charge >= 0.3 is 19.1 Å². The molecular formula is C13H8F4N4O2. The van der Waals surface area contributed by atoms with Crippen molar-refractivity contribution in [2.45, 2.75) is 13.1 Å². The Morgan fingerprint density at radius 2 is 1.83 bits per heavy atom. The lowest BCUT2D eigenvalue weighted by atomic mass is 10.1. The number of rotatable bonds is 4. The average Bonchev–Trinajstić information content (AvgIpc) is 3.11. The van der Waals surface area contributed by atoms with Gasteiger partial charge in [0.15, 0.2) is 5.69 Å². The van der Waals surface area contributed by atoms with Crippen LogP contribution in [0, 0.1) is 0 Å². The van der Waals surface area contributed by atoms with Crippen LogP contribution in [0.15, 0.2) is 30.5 Å². The summed E-state index contributed by atoms with van der Waals surface area (Å²) in [6.07, 6.45) is 1.05. The minimum absolute atomic E-state index is 0.0230. The Balaban J connectivity index is 2.17. The van der Waals surface area contributed by atoms with Crippen LogP contribution < -0.4 is 0 Å². The van der Waals surface area contributed by atoms with Crippen LogP contribution in [-0.4, -0.2) is 30.6 Å². The quantitative estimate of drug-likeness (QED) is 0.745. The van der Waals surface area contributed by atoms with E-state index in [2.05, 4.69) is 10.2 Å². The Labute approximate surface area is 125 Å². The highest BCUT2D eigenvalue weighted by Crippen LogP contribution is 2.28. The summed E-state index contributed by atoms with van der Waals surface area (Å²) < 4.78 is 51.8. The summed E-state index contributed by atoms with van der Waals surface area (Å²) in [5.74, 6) is -1.44. The maximum atomic E-state index is 13.0. The lowest BCUT2D eigenvalue weighted by molar-refractivity contribution is 0.0566. The fourth-order valence-electron chi connectivity index (χ4n) is 2.20. The predicted octanol–water partition coefficient (Wildman–Crippen LogP) is 3.39. The van der Waals surface area contributed by atoms with Gasteiger partial charge in [0.1, 0.15) is 0 Å². The van der Waals surface area contributed by atoms with Gasteiger partial charge in [-0.15, -0.1) is 0 Å². The smallest absolute Gasteiger partial charge is 0.357 e. The molecule has 0 radical (unpaired) electrons. The van der Waals surface area contributed by atoms with Crippen molar-refractivity contribution >= 4 is 16.9 Å². The molecule has 1 aromatic carbocycles. The largest absolute Gasteiger partial charge is 0.476 e. The maximum Gasteiger partial charge on any atom is 0.357 e. The van der Waals surface area contributed by atoms with Gasteiger partial charge in [0.25, 0.3) is 0 Å². The molecule has 6 nitrogen and oxygen atoms in total. The monoisotopic (exact) mass is 328 g/mol. The first-order valence-electron chi connectivity index (χ1n) is 6.26. The highest BCUT2D eigenvalue weighted by atomic mass is 19.3. The van der Waals surface area contributed by atoms with E-state index in [1.54, 1.807) is 0 Å². The number of carbonyl (C=O) groups is 1. The van der Waals surface area contributed by atoms with Crippen molar-refractivity contribution < 1.29 is 27.5 Å². The second kappa shape index (κ2) is 5.38. The number of carboxylic acid groups (broad SMARTS) is 1. The molecule has 0 spiro atoms. The third kappa shape index (κ3) is 2.51. The molecule has 0 atom stereocenters. The van der Waals surface area contributed by atoms with Crippen molar-refractivity contribution in [1.29, 1.82) is 0 Å². The number of carboxylic acids is 1. The number of aromatic nitrogens is 4. The minimum Gasteiger partial charge on any atom is -0.476 e. The molecule has 0 amide bonds. The number of benzene rings is 1. The molecule has 3 aromatic rings. The zero-order valence-corrected chi connectivity index (χ0v) is 11.2. The van der Waals surface area contributed by atoms with Crippen molar-refractivity contribution in [1.82, 2.24) is 19.6 Å². The summed E-state index contributed by atoms with van der Waals surface area (Å²) in [4.78, 5) is 11.1. The van der Waals surface area contributed by atoms with Crippen LogP contribution in [0.5, 0.6) is 0 Å². The molecule has 0 bridgehead atoms. The number of hydrogen-bond acceptors (Lipinski definition) is 3. The normalized spacial score (nSPS) is 11.7. The van der Waals surface area contributed by atoms with Crippen molar-refractivity contribution in [3.63, 3.8) is 0 Å².